The maximum absolute atomic E-state index is 2.38. The molecule has 0 radical (unpaired) electrons. The van der Waals surface area contributed by atoms with Crippen molar-refractivity contribution in [2.75, 3.05) is 0 Å². The zero-order chi connectivity index (χ0) is 21.3. The molecule has 4 aliphatic rings. The summed E-state index contributed by atoms with van der Waals surface area (Å²) in [6.45, 7) is 11.7. The Labute approximate surface area is 186 Å². The molecule has 174 valence electrons. The maximum Gasteiger partial charge on any atom is -0.0417 e. The molecule has 0 amide bonds. The van der Waals surface area contributed by atoms with E-state index in [4.69, 9.17) is 0 Å². The Morgan fingerprint density at radius 1 is 0.414 bits per heavy atom. The topological polar surface area (TPSA) is 0 Å². The van der Waals surface area contributed by atoms with Crippen LogP contribution < -0.4 is 0 Å². The van der Waals surface area contributed by atoms with Crippen LogP contribution in [-0.4, -0.2) is 0 Å². The second-order valence-corrected chi connectivity index (χ2v) is 11.4. The van der Waals surface area contributed by atoms with E-state index in [1.165, 1.54) is 122 Å². The second-order valence-electron chi connectivity index (χ2n) is 11.4. The van der Waals surface area contributed by atoms with Gasteiger partial charge in [-0.05, 0) is 36.0 Å². The van der Waals surface area contributed by atoms with Crippen molar-refractivity contribution in [3.05, 3.63) is 0 Å². The third-order valence-corrected chi connectivity index (χ3v) is 8.05. The average Bonchev–Trinajstić information content (AvgIpc) is 3.31. The van der Waals surface area contributed by atoms with E-state index in [0.29, 0.717) is 0 Å². The van der Waals surface area contributed by atoms with Crippen LogP contribution >= 0.6 is 0 Å². The lowest BCUT2D eigenvalue weighted by Crippen LogP contribution is -1.99. The monoisotopic (exact) mass is 406 g/mol. The zero-order valence-electron chi connectivity index (χ0n) is 21.3. The minimum absolute atomic E-state index is 1.02. The summed E-state index contributed by atoms with van der Waals surface area (Å²) in [6, 6.07) is 0. The fourth-order valence-electron chi connectivity index (χ4n) is 5.70. The highest BCUT2D eigenvalue weighted by atomic mass is 14.2. The summed E-state index contributed by atoms with van der Waals surface area (Å²) in [6.07, 6.45) is 28.2. The van der Waals surface area contributed by atoms with Gasteiger partial charge in [0.25, 0.3) is 0 Å². The Hall–Kier alpha value is 0. The average molecular weight is 407 g/mol. The predicted molar refractivity (Wildman–Crippen MR) is 134 cm³/mol. The normalized spacial score (nSPS) is 28.9. The molecule has 2 atom stereocenters. The Balaban J connectivity index is 0.000000194. The smallest absolute Gasteiger partial charge is 0.0417 e. The third kappa shape index (κ3) is 15.5. The van der Waals surface area contributed by atoms with Crippen LogP contribution in [-0.2, 0) is 0 Å². The molecule has 4 aliphatic carbocycles. The number of hydrogen-bond donors (Lipinski definition) is 0. The Morgan fingerprint density at radius 2 is 0.759 bits per heavy atom. The van der Waals surface area contributed by atoms with Gasteiger partial charge >= 0.3 is 0 Å². The quantitative estimate of drug-likeness (QED) is 0.380. The Kier molecular flexibility index (Phi) is 16.5. The van der Waals surface area contributed by atoms with Crippen LogP contribution in [0.1, 0.15) is 157 Å². The summed E-state index contributed by atoms with van der Waals surface area (Å²) in [5.41, 5.74) is 0. The van der Waals surface area contributed by atoms with Crippen molar-refractivity contribution in [3.63, 3.8) is 0 Å². The summed E-state index contributed by atoms with van der Waals surface area (Å²) < 4.78 is 0. The highest BCUT2D eigenvalue weighted by molar-refractivity contribution is 4.68. The molecule has 0 aromatic carbocycles. The van der Waals surface area contributed by atoms with Gasteiger partial charge in [-0.1, -0.05) is 150 Å². The van der Waals surface area contributed by atoms with Crippen LogP contribution in [0.25, 0.3) is 0 Å². The van der Waals surface area contributed by atoms with Crippen molar-refractivity contribution in [3.8, 4) is 0 Å². The Morgan fingerprint density at radius 3 is 1.03 bits per heavy atom. The largest absolute Gasteiger partial charge is 0.0651 e. The van der Waals surface area contributed by atoms with E-state index in [1.54, 1.807) is 0 Å². The van der Waals surface area contributed by atoms with Gasteiger partial charge in [-0.2, -0.15) is 0 Å². The van der Waals surface area contributed by atoms with Crippen molar-refractivity contribution in [1.82, 2.24) is 0 Å². The molecule has 29 heavy (non-hydrogen) atoms. The van der Waals surface area contributed by atoms with E-state index in [2.05, 4.69) is 34.6 Å². The van der Waals surface area contributed by atoms with E-state index in [9.17, 15) is 0 Å². The molecule has 0 heteroatoms. The van der Waals surface area contributed by atoms with Crippen molar-refractivity contribution in [2.24, 2.45) is 29.6 Å². The molecule has 0 nitrogen and oxygen atoms in total. The first-order valence-corrected chi connectivity index (χ1v) is 14.0. The predicted octanol–water partition coefficient (Wildman–Crippen LogP) is 10.6. The Bertz CT molecular complexity index is 314. The van der Waals surface area contributed by atoms with Gasteiger partial charge in [-0.25, -0.2) is 0 Å². The molecule has 0 N–H and O–H groups in total. The second kappa shape index (κ2) is 17.7. The van der Waals surface area contributed by atoms with Crippen molar-refractivity contribution in [2.45, 2.75) is 157 Å². The van der Waals surface area contributed by atoms with Crippen molar-refractivity contribution >= 4 is 0 Å². The maximum atomic E-state index is 2.38. The molecule has 4 saturated carbocycles. The van der Waals surface area contributed by atoms with Gasteiger partial charge in [-0.15, -0.1) is 0 Å². The van der Waals surface area contributed by atoms with Crippen LogP contribution in [0.3, 0.4) is 0 Å². The summed E-state index contributed by atoms with van der Waals surface area (Å²) in [5.74, 6) is 5.20. The van der Waals surface area contributed by atoms with E-state index in [1.807, 2.05) is 0 Å². The van der Waals surface area contributed by atoms with Gasteiger partial charge < -0.3 is 0 Å². The van der Waals surface area contributed by atoms with E-state index >= 15 is 0 Å². The first-order chi connectivity index (χ1) is 14.0. The minimum atomic E-state index is 1.02. The van der Waals surface area contributed by atoms with Crippen LogP contribution in [0.5, 0.6) is 0 Å². The summed E-state index contributed by atoms with van der Waals surface area (Å²) in [7, 11) is 0. The fourth-order valence-corrected chi connectivity index (χ4v) is 5.70. The summed E-state index contributed by atoms with van der Waals surface area (Å²) >= 11 is 0. The number of hydrogen-bond acceptors (Lipinski definition) is 0. The molecule has 4 rings (SSSR count). The van der Waals surface area contributed by atoms with Gasteiger partial charge in [0.1, 0.15) is 0 Å². The molecule has 0 saturated heterocycles. The van der Waals surface area contributed by atoms with Gasteiger partial charge in [0.2, 0.25) is 0 Å². The lowest BCUT2D eigenvalue weighted by atomic mass is 9.91. The standard InChI is InChI=1S/C8H16.3C7H14/c1-8-6-4-2-3-5-7-8;1-6-3-4-7(2)5-6;1-7-5-3-2-4-6-7;1-2-7-5-3-4-6-7/h8H,2-7H2,1H3;6-7H,3-5H2,1-2H3;2*7H,2-6H2,1H3. The molecule has 0 spiro atoms. The first kappa shape index (κ1) is 27.0. The fraction of sp³-hybridized carbons (Fsp3) is 1.00. The lowest BCUT2D eigenvalue weighted by Gasteiger charge is -2.15. The van der Waals surface area contributed by atoms with Crippen molar-refractivity contribution in [1.29, 1.82) is 0 Å². The van der Waals surface area contributed by atoms with Crippen molar-refractivity contribution < 1.29 is 0 Å². The molecule has 0 aliphatic heterocycles. The molecule has 4 fully saturated rings. The van der Waals surface area contributed by atoms with Gasteiger partial charge in [0.05, 0.1) is 0 Å². The van der Waals surface area contributed by atoms with Gasteiger partial charge in [-0.3, -0.25) is 0 Å². The highest BCUT2D eigenvalue weighted by Crippen LogP contribution is 2.29. The van der Waals surface area contributed by atoms with Crippen LogP contribution in [0.2, 0.25) is 0 Å². The van der Waals surface area contributed by atoms with Gasteiger partial charge in [0, 0.05) is 0 Å². The SMILES string of the molecule is CC1CCC(C)C1.CC1CCCCC1.CC1CCCCCC1.CCC1CCCC1. The molecule has 0 heterocycles. The summed E-state index contributed by atoms with van der Waals surface area (Å²) in [4.78, 5) is 0. The lowest BCUT2D eigenvalue weighted by molar-refractivity contribution is 0.385. The highest BCUT2D eigenvalue weighted by Gasteiger charge is 2.16. The molecule has 0 aromatic rings. The van der Waals surface area contributed by atoms with Crippen LogP contribution in [0.15, 0.2) is 0 Å². The first-order valence-electron chi connectivity index (χ1n) is 14.0. The van der Waals surface area contributed by atoms with Crippen LogP contribution in [0, 0.1) is 29.6 Å². The van der Waals surface area contributed by atoms with E-state index in [-0.39, 0.29) is 0 Å². The molecular weight excluding hydrogens is 348 g/mol. The summed E-state index contributed by atoms with van der Waals surface area (Å²) in [5, 5.41) is 0. The number of rotatable bonds is 1. The molecule has 2 unspecified atom stereocenters. The molecular formula is C29H58. The van der Waals surface area contributed by atoms with E-state index < -0.39 is 0 Å². The molecule has 0 bridgehead atoms. The zero-order valence-corrected chi connectivity index (χ0v) is 21.3. The van der Waals surface area contributed by atoms with Crippen LogP contribution in [0.4, 0.5) is 0 Å². The van der Waals surface area contributed by atoms with Gasteiger partial charge in [0.15, 0.2) is 0 Å². The third-order valence-electron chi connectivity index (χ3n) is 8.05. The molecule has 0 aromatic heterocycles. The minimum Gasteiger partial charge on any atom is -0.0651 e. The van der Waals surface area contributed by atoms with E-state index in [0.717, 1.165) is 29.6 Å².